The van der Waals surface area contributed by atoms with Crippen LogP contribution in [0.4, 0.5) is 5.69 Å². The molecule has 0 unspecified atom stereocenters. The van der Waals surface area contributed by atoms with Crippen LogP contribution in [-0.4, -0.2) is 35.0 Å². The molecule has 0 bridgehead atoms. The number of benzene rings is 1. The van der Waals surface area contributed by atoms with Crippen molar-refractivity contribution in [2.45, 2.75) is 57.6 Å². The molecule has 1 aliphatic carbocycles. The van der Waals surface area contributed by atoms with Gasteiger partial charge in [0, 0.05) is 6.07 Å². The van der Waals surface area contributed by atoms with Crippen molar-refractivity contribution in [1.82, 2.24) is 5.32 Å². The number of nitro benzene ring substituents is 1. The maximum atomic E-state index is 12.4. The molecule has 0 aliphatic heterocycles. The van der Waals surface area contributed by atoms with Gasteiger partial charge < -0.3 is 14.8 Å². The molecule has 2 rings (SSSR count). The quantitative estimate of drug-likeness (QED) is 0.431. The summed E-state index contributed by atoms with van der Waals surface area (Å²) in [4.78, 5) is 35.2. The molecule has 1 amide bonds. The summed E-state index contributed by atoms with van der Waals surface area (Å²) < 4.78 is 10.3. The Hall–Kier alpha value is -3.15. The Balaban J connectivity index is 2.07. The molecule has 1 aromatic carbocycles. The van der Waals surface area contributed by atoms with Crippen LogP contribution in [0, 0.1) is 21.4 Å². The van der Waals surface area contributed by atoms with Gasteiger partial charge in [0.25, 0.3) is 5.91 Å². The van der Waals surface area contributed by atoms with E-state index < -0.39 is 28.4 Å². The molecule has 1 saturated carbocycles. The van der Waals surface area contributed by atoms with Crippen molar-refractivity contribution in [3.05, 3.63) is 33.9 Å². The van der Waals surface area contributed by atoms with Crippen molar-refractivity contribution in [3.63, 3.8) is 0 Å². The molecule has 0 radical (unpaired) electrons. The fourth-order valence-electron chi connectivity index (χ4n) is 3.10. The minimum absolute atomic E-state index is 0.0445. The molecular weight excluding hydrogens is 366 g/mol. The second-order valence-electron chi connectivity index (χ2n) is 6.66. The average Bonchev–Trinajstić information content (AvgIpc) is 2.68. The Morgan fingerprint density at radius 2 is 2.04 bits per heavy atom. The molecule has 1 aromatic rings. The number of nitro groups is 1. The molecule has 0 heterocycles. The number of hydrogen-bond acceptors (Lipinski definition) is 7. The van der Waals surface area contributed by atoms with Crippen molar-refractivity contribution < 1.29 is 24.0 Å². The summed E-state index contributed by atoms with van der Waals surface area (Å²) in [5.41, 5.74) is -1.37. The molecule has 1 fully saturated rings. The van der Waals surface area contributed by atoms with Crippen molar-refractivity contribution in [3.8, 4) is 11.8 Å². The van der Waals surface area contributed by atoms with E-state index in [-0.39, 0.29) is 23.6 Å². The second-order valence-corrected chi connectivity index (χ2v) is 6.66. The number of rotatable bonds is 7. The van der Waals surface area contributed by atoms with E-state index in [0.717, 1.165) is 25.3 Å². The number of carbonyl (C=O) groups excluding carboxylic acids is 2. The van der Waals surface area contributed by atoms with Crippen molar-refractivity contribution in [2.24, 2.45) is 0 Å². The molecule has 0 saturated heterocycles. The lowest BCUT2D eigenvalue weighted by atomic mass is 9.83. The van der Waals surface area contributed by atoms with Gasteiger partial charge in [-0.15, -0.1) is 0 Å². The maximum Gasteiger partial charge on any atom is 0.339 e. The summed E-state index contributed by atoms with van der Waals surface area (Å²) in [5.74, 6) is -1.40. The fraction of sp³-hybridized carbons (Fsp3) is 0.526. The predicted octanol–water partition coefficient (Wildman–Crippen LogP) is 2.88. The molecule has 1 N–H and O–H groups in total. The largest absolute Gasteiger partial charge is 0.487 e. The van der Waals surface area contributed by atoms with Crippen LogP contribution < -0.4 is 10.1 Å². The lowest BCUT2D eigenvalue weighted by Gasteiger charge is -2.32. The van der Waals surface area contributed by atoms with Crippen LogP contribution in [0.5, 0.6) is 5.75 Å². The Bertz CT molecular complexity index is 795. The van der Waals surface area contributed by atoms with Crippen LogP contribution in [0.25, 0.3) is 0 Å². The van der Waals surface area contributed by atoms with E-state index in [2.05, 4.69) is 11.4 Å². The normalized spacial score (nSPS) is 16.3. The molecule has 1 atom stereocenters. The monoisotopic (exact) mass is 389 g/mol. The second kappa shape index (κ2) is 9.17. The summed E-state index contributed by atoms with van der Waals surface area (Å²) in [7, 11) is 0. The standard InChI is InChI=1S/C19H23N3O6/c1-3-27-16-8-7-14(11-15(16)22(25)26)18(24)28-13(2)17(23)21-19(12-20)9-5-4-6-10-19/h7-8,11,13H,3-6,9-10H2,1-2H3,(H,21,23)/t13-/m0/s1. The Labute approximate surface area is 162 Å². The molecule has 0 aromatic heterocycles. The number of ether oxygens (including phenoxy) is 2. The highest BCUT2D eigenvalue weighted by Gasteiger charge is 2.35. The summed E-state index contributed by atoms with van der Waals surface area (Å²) >= 11 is 0. The van der Waals surface area contributed by atoms with Crippen molar-refractivity contribution in [1.29, 1.82) is 5.26 Å². The van der Waals surface area contributed by atoms with Gasteiger partial charge in [-0.1, -0.05) is 19.3 Å². The van der Waals surface area contributed by atoms with Crippen LogP contribution in [-0.2, 0) is 9.53 Å². The van der Waals surface area contributed by atoms with Gasteiger partial charge in [0.2, 0.25) is 0 Å². The zero-order chi connectivity index (χ0) is 20.7. The number of nitriles is 1. The lowest BCUT2D eigenvalue weighted by Crippen LogP contribution is -2.52. The first-order valence-corrected chi connectivity index (χ1v) is 9.17. The third-order valence-electron chi connectivity index (χ3n) is 4.63. The third-order valence-corrected chi connectivity index (χ3v) is 4.63. The summed E-state index contributed by atoms with van der Waals surface area (Å²) in [6.07, 6.45) is 2.67. The van der Waals surface area contributed by atoms with Crippen LogP contribution in [0.2, 0.25) is 0 Å². The number of nitrogens with zero attached hydrogens (tertiary/aromatic N) is 2. The smallest absolute Gasteiger partial charge is 0.339 e. The summed E-state index contributed by atoms with van der Waals surface area (Å²) in [6, 6.07) is 5.87. The molecule has 28 heavy (non-hydrogen) atoms. The van der Waals surface area contributed by atoms with Gasteiger partial charge in [-0.25, -0.2) is 4.79 Å². The van der Waals surface area contributed by atoms with E-state index in [9.17, 15) is 25.0 Å². The van der Waals surface area contributed by atoms with Gasteiger partial charge in [0.05, 0.1) is 23.2 Å². The van der Waals surface area contributed by atoms with E-state index >= 15 is 0 Å². The fourth-order valence-corrected chi connectivity index (χ4v) is 3.10. The van der Waals surface area contributed by atoms with E-state index in [1.165, 1.54) is 19.1 Å². The van der Waals surface area contributed by atoms with Gasteiger partial charge in [0.1, 0.15) is 5.54 Å². The van der Waals surface area contributed by atoms with E-state index in [1.807, 2.05) is 0 Å². The van der Waals surface area contributed by atoms with Crippen molar-refractivity contribution >= 4 is 17.6 Å². The highest BCUT2D eigenvalue weighted by molar-refractivity contribution is 5.93. The average molecular weight is 389 g/mol. The number of nitrogens with one attached hydrogen (secondary N) is 1. The predicted molar refractivity (Wildman–Crippen MR) is 98.7 cm³/mol. The molecule has 9 nitrogen and oxygen atoms in total. The first-order valence-electron chi connectivity index (χ1n) is 9.17. The third kappa shape index (κ3) is 4.97. The van der Waals surface area contributed by atoms with Gasteiger partial charge >= 0.3 is 11.7 Å². The van der Waals surface area contributed by atoms with Gasteiger partial charge in [-0.3, -0.25) is 14.9 Å². The number of carbonyl (C=O) groups is 2. The Morgan fingerprint density at radius 1 is 1.36 bits per heavy atom. The van der Waals surface area contributed by atoms with E-state index in [1.54, 1.807) is 6.92 Å². The number of amides is 1. The van der Waals surface area contributed by atoms with Crippen molar-refractivity contribution in [2.75, 3.05) is 6.61 Å². The SMILES string of the molecule is CCOc1ccc(C(=O)O[C@@H](C)C(=O)NC2(C#N)CCCCC2)cc1[N+](=O)[O-]. The highest BCUT2D eigenvalue weighted by Crippen LogP contribution is 2.29. The summed E-state index contributed by atoms with van der Waals surface area (Å²) in [6.45, 7) is 3.32. The minimum atomic E-state index is -1.15. The first-order chi connectivity index (χ1) is 13.3. The zero-order valence-electron chi connectivity index (χ0n) is 15.9. The number of esters is 1. The van der Waals surface area contributed by atoms with Crippen LogP contribution >= 0.6 is 0 Å². The highest BCUT2D eigenvalue weighted by atomic mass is 16.6. The van der Waals surface area contributed by atoms with Gasteiger partial charge in [-0.2, -0.15) is 5.26 Å². The summed E-state index contributed by atoms with van der Waals surface area (Å²) in [5, 5.41) is 23.3. The topological polar surface area (TPSA) is 132 Å². The zero-order valence-corrected chi connectivity index (χ0v) is 15.9. The maximum absolute atomic E-state index is 12.4. The van der Waals surface area contributed by atoms with Gasteiger partial charge in [-0.05, 0) is 38.8 Å². The van der Waals surface area contributed by atoms with E-state index in [4.69, 9.17) is 9.47 Å². The molecule has 1 aliphatic rings. The van der Waals surface area contributed by atoms with E-state index in [0.29, 0.717) is 12.8 Å². The Kier molecular flexibility index (Phi) is 6.93. The first kappa shape index (κ1) is 21.2. The minimum Gasteiger partial charge on any atom is -0.487 e. The molecule has 0 spiro atoms. The van der Waals surface area contributed by atoms with Crippen LogP contribution in [0.15, 0.2) is 18.2 Å². The van der Waals surface area contributed by atoms with Crippen LogP contribution in [0.1, 0.15) is 56.3 Å². The molecular formula is C19H23N3O6. The Morgan fingerprint density at radius 3 is 2.61 bits per heavy atom. The lowest BCUT2D eigenvalue weighted by molar-refractivity contribution is -0.385. The number of hydrogen-bond donors (Lipinski definition) is 1. The van der Waals surface area contributed by atoms with Gasteiger partial charge in [0.15, 0.2) is 11.9 Å². The molecule has 9 heteroatoms. The molecule has 150 valence electrons. The van der Waals surface area contributed by atoms with Crippen LogP contribution in [0.3, 0.4) is 0 Å².